The fourth-order valence-electron chi connectivity index (χ4n) is 0.585. The Morgan fingerprint density at radius 3 is 2.73 bits per heavy atom. The van der Waals surface area contributed by atoms with Crippen LogP contribution in [-0.4, -0.2) is 21.5 Å². The first-order valence-corrected chi connectivity index (χ1v) is 3.15. The molecular formula is C6H9N4W+. The largest absolute Gasteiger partial charge is 2.00 e. The Labute approximate surface area is 80.1 Å². The third-order valence-corrected chi connectivity index (χ3v) is 0.970. The molecule has 1 rings (SSSR count). The van der Waals surface area contributed by atoms with Crippen molar-refractivity contribution in [1.29, 1.82) is 0 Å². The molecule has 0 aliphatic carbocycles. The van der Waals surface area contributed by atoms with Crippen molar-refractivity contribution in [2.75, 3.05) is 11.9 Å². The van der Waals surface area contributed by atoms with E-state index < -0.39 is 0 Å². The first kappa shape index (κ1) is 10.5. The van der Waals surface area contributed by atoms with Crippen LogP contribution in [0.3, 0.4) is 0 Å². The van der Waals surface area contributed by atoms with E-state index in [0.29, 0.717) is 11.8 Å². The number of rotatable bonds is 2. The maximum atomic E-state index is 4.00. The first-order valence-electron chi connectivity index (χ1n) is 3.15. The van der Waals surface area contributed by atoms with Crippen LogP contribution in [0.1, 0.15) is 12.7 Å². The molecule has 0 spiro atoms. The van der Waals surface area contributed by atoms with E-state index in [2.05, 4.69) is 26.6 Å². The van der Waals surface area contributed by atoms with E-state index in [1.807, 2.05) is 6.92 Å². The van der Waals surface area contributed by atoms with Crippen molar-refractivity contribution in [2.24, 2.45) is 0 Å². The molecule has 1 aromatic rings. The van der Waals surface area contributed by atoms with E-state index in [1.165, 1.54) is 0 Å². The molecule has 5 heteroatoms. The van der Waals surface area contributed by atoms with Gasteiger partial charge in [0.25, 0.3) is 0 Å². The van der Waals surface area contributed by atoms with Crippen LogP contribution >= 0.6 is 0 Å². The number of aryl methyl sites for hydroxylation is 1. The minimum absolute atomic E-state index is 0. The van der Waals surface area contributed by atoms with Crippen molar-refractivity contribution < 1.29 is 21.1 Å². The van der Waals surface area contributed by atoms with Crippen LogP contribution in [0.4, 0.5) is 5.95 Å². The van der Waals surface area contributed by atoms with E-state index in [9.17, 15) is 0 Å². The number of aromatic nitrogens is 3. The molecule has 0 fully saturated rings. The third-order valence-electron chi connectivity index (χ3n) is 0.970. The summed E-state index contributed by atoms with van der Waals surface area (Å²) in [4.78, 5) is 11.5. The van der Waals surface area contributed by atoms with Gasteiger partial charge in [0.1, 0.15) is 5.95 Å². The predicted octanol–water partition coefficient (Wildman–Crippen LogP) is 0.410. The normalized spacial score (nSPS) is 8.55. The Kier molecular flexibility index (Phi) is 4.95. The molecule has 0 aromatic carbocycles. The molecule has 0 atom stereocenters. The van der Waals surface area contributed by atoms with E-state index in [-0.39, 0.29) is 21.1 Å². The molecule has 0 saturated carbocycles. The number of anilines is 1. The van der Waals surface area contributed by atoms with Gasteiger partial charge in [-0.15, -0.1) is 0 Å². The molecule has 0 saturated heterocycles. The van der Waals surface area contributed by atoms with Gasteiger partial charge >= 0.3 is 21.1 Å². The summed E-state index contributed by atoms with van der Waals surface area (Å²) in [6.45, 7) is 4.61. The second-order valence-corrected chi connectivity index (χ2v) is 1.84. The van der Waals surface area contributed by atoms with E-state index in [0.717, 1.165) is 6.54 Å². The maximum absolute atomic E-state index is 4.00. The molecule has 11 heavy (non-hydrogen) atoms. The Bertz CT molecular complexity index is 215. The van der Waals surface area contributed by atoms with Crippen molar-refractivity contribution in [2.45, 2.75) is 13.8 Å². The summed E-state index contributed by atoms with van der Waals surface area (Å²) in [6, 6.07) is 0. The van der Waals surface area contributed by atoms with Crippen LogP contribution in [-0.2, 0) is 21.1 Å². The molecule has 58 valence electrons. The second kappa shape index (κ2) is 5.19. The molecule has 1 aromatic heterocycles. The van der Waals surface area contributed by atoms with E-state index in [4.69, 9.17) is 0 Å². The minimum Gasteiger partial charge on any atom is -0.407 e. The fraction of sp³-hybridized carbons (Fsp3) is 0.500. The van der Waals surface area contributed by atoms with Crippen molar-refractivity contribution in [3.8, 4) is 0 Å². The molecule has 1 N–H and O–H groups in total. The van der Waals surface area contributed by atoms with Gasteiger partial charge in [-0.25, -0.2) is 0 Å². The van der Waals surface area contributed by atoms with Crippen LogP contribution in [0.2, 0.25) is 0 Å². The third kappa shape index (κ3) is 3.42. The second-order valence-electron chi connectivity index (χ2n) is 1.84. The molecule has 1 heterocycles. The van der Waals surface area contributed by atoms with Gasteiger partial charge in [-0.3, -0.25) is 0 Å². The molecule has 4 nitrogen and oxygen atoms in total. The number of hydrogen-bond acceptors (Lipinski definition) is 4. The Morgan fingerprint density at radius 2 is 2.18 bits per heavy atom. The summed E-state index contributed by atoms with van der Waals surface area (Å²) in [7, 11) is 0. The van der Waals surface area contributed by atoms with Gasteiger partial charge in [-0.05, 0) is 6.92 Å². The van der Waals surface area contributed by atoms with Gasteiger partial charge < -0.3 is 20.3 Å². The summed E-state index contributed by atoms with van der Waals surface area (Å²) in [5, 5.41) is 2.95. The van der Waals surface area contributed by atoms with Crippen molar-refractivity contribution in [1.82, 2.24) is 15.0 Å². The van der Waals surface area contributed by atoms with Crippen LogP contribution in [0.25, 0.3) is 0 Å². The Balaban J connectivity index is 0.000001000. The van der Waals surface area contributed by atoms with Crippen molar-refractivity contribution in [3.05, 3.63) is 12.2 Å². The van der Waals surface area contributed by atoms with Crippen molar-refractivity contribution in [3.63, 3.8) is 0 Å². The first-order chi connectivity index (χ1) is 4.83. The fourth-order valence-corrected chi connectivity index (χ4v) is 0.585. The van der Waals surface area contributed by atoms with Crippen LogP contribution in [0.5, 0.6) is 0 Å². The SMILES string of the molecule is CCNc1n[c-]nc(C)n1.[W+2]. The Morgan fingerprint density at radius 1 is 1.45 bits per heavy atom. The molecule has 0 aliphatic rings. The number of hydrogen-bond donors (Lipinski definition) is 1. The smallest absolute Gasteiger partial charge is 0.407 e. The van der Waals surface area contributed by atoms with Crippen LogP contribution in [0.15, 0.2) is 0 Å². The summed E-state index contributed by atoms with van der Waals surface area (Å²) < 4.78 is 0. The quantitative estimate of drug-likeness (QED) is 0.802. The monoisotopic (exact) mass is 321 g/mol. The topological polar surface area (TPSA) is 50.7 Å². The zero-order valence-corrected chi connectivity index (χ0v) is 9.39. The molecular weight excluding hydrogens is 312 g/mol. The van der Waals surface area contributed by atoms with Gasteiger partial charge in [0.15, 0.2) is 0 Å². The van der Waals surface area contributed by atoms with Crippen molar-refractivity contribution >= 4 is 5.95 Å². The van der Waals surface area contributed by atoms with Gasteiger partial charge in [0.2, 0.25) is 0 Å². The standard InChI is InChI=1S/C6H9N4.W/c1-3-7-6-9-4-8-5(2)10-6;/h3H2,1-2H3,(H,7,8,9,10);/q-1;+2. The van der Waals surface area contributed by atoms with Gasteiger partial charge in [0, 0.05) is 18.7 Å². The number of nitrogens with zero attached hydrogens (tertiary/aromatic N) is 3. The predicted molar refractivity (Wildman–Crippen MR) is 37.6 cm³/mol. The zero-order valence-electron chi connectivity index (χ0n) is 6.46. The average Bonchev–Trinajstić information content (AvgIpc) is 1.88. The van der Waals surface area contributed by atoms with Gasteiger partial charge in [-0.1, -0.05) is 6.92 Å². The zero-order chi connectivity index (χ0) is 7.40. The summed E-state index contributed by atoms with van der Waals surface area (Å²) in [6.07, 6.45) is 2.49. The van der Waals surface area contributed by atoms with Gasteiger partial charge in [-0.2, -0.15) is 0 Å². The average molecular weight is 321 g/mol. The molecule has 0 unspecified atom stereocenters. The molecule has 0 radical (unpaired) electrons. The van der Waals surface area contributed by atoms with E-state index >= 15 is 0 Å². The molecule has 0 amide bonds. The number of nitrogens with one attached hydrogen (secondary N) is 1. The van der Waals surface area contributed by atoms with Crippen LogP contribution < -0.4 is 5.32 Å². The molecule has 0 aliphatic heterocycles. The Hall–Kier alpha value is -0.502. The summed E-state index contributed by atoms with van der Waals surface area (Å²) in [5.74, 6) is 1.28. The van der Waals surface area contributed by atoms with E-state index in [1.54, 1.807) is 6.92 Å². The maximum Gasteiger partial charge on any atom is 2.00 e. The summed E-state index contributed by atoms with van der Waals surface area (Å²) >= 11 is 0. The van der Waals surface area contributed by atoms with Crippen LogP contribution in [0, 0.1) is 13.3 Å². The summed E-state index contributed by atoms with van der Waals surface area (Å²) in [5.41, 5.74) is 0. The molecule has 0 bridgehead atoms. The minimum atomic E-state index is 0. The van der Waals surface area contributed by atoms with Gasteiger partial charge in [0.05, 0.1) is 0 Å².